The van der Waals surface area contributed by atoms with E-state index in [0.717, 1.165) is 0 Å². The number of H-pyrrole nitrogens is 1. The highest BCUT2D eigenvalue weighted by atomic mass is 32.2. The van der Waals surface area contributed by atoms with Gasteiger partial charge < -0.3 is 15.5 Å². The summed E-state index contributed by atoms with van der Waals surface area (Å²) in [6, 6.07) is 7.78. The Kier molecular flexibility index (Phi) is 3.59. The Labute approximate surface area is 136 Å². The van der Waals surface area contributed by atoms with Gasteiger partial charge in [-0.15, -0.1) is 0 Å². The monoisotopic (exact) mass is 345 g/mol. The molecular weight excluding hydrogens is 334 g/mol. The molecule has 0 atom stereocenters. The number of nitrogens with two attached hydrogens (primary N) is 1. The van der Waals surface area contributed by atoms with Gasteiger partial charge in [-0.2, -0.15) is 5.26 Å². The van der Waals surface area contributed by atoms with Crippen LogP contribution in [-0.2, 0) is 10.0 Å². The molecular formula is C14H11N5O4S. The number of pyridine rings is 1. The largest absolute Gasteiger partial charge is 0.411 e. The molecule has 0 spiro atoms. The number of amides is 1. The number of nitrogens with one attached hydrogen (secondary N) is 2. The van der Waals surface area contributed by atoms with Crippen molar-refractivity contribution in [3.63, 3.8) is 0 Å². The Morgan fingerprint density at radius 3 is 2.75 bits per heavy atom. The second-order valence-corrected chi connectivity index (χ2v) is 6.69. The summed E-state index contributed by atoms with van der Waals surface area (Å²) < 4.78 is 31.0. The average molecular weight is 345 g/mol. The first-order valence-corrected chi connectivity index (χ1v) is 8.11. The number of hydrogen-bond acceptors (Lipinski definition) is 6. The number of aromatic amines is 1. The third kappa shape index (κ3) is 2.51. The number of rotatable bonds is 3. The molecule has 4 N–H and O–H groups in total. The van der Waals surface area contributed by atoms with Gasteiger partial charge in [0.25, 0.3) is 0 Å². The third-order valence-corrected chi connectivity index (χ3v) is 4.83. The van der Waals surface area contributed by atoms with Gasteiger partial charge in [-0.05, 0) is 31.3 Å². The molecule has 0 aliphatic heterocycles. The van der Waals surface area contributed by atoms with E-state index in [1.165, 1.54) is 25.2 Å². The van der Waals surface area contributed by atoms with Gasteiger partial charge in [0.15, 0.2) is 0 Å². The van der Waals surface area contributed by atoms with Gasteiger partial charge in [0.2, 0.25) is 15.9 Å². The number of benzene rings is 1. The van der Waals surface area contributed by atoms with E-state index < -0.39 is 16.1 Å². The first-order valence-electron chi connectivity index (χ1n) is 6.63. The summed E-state index contributed by atoms with van der Waals surface area (Å²) >= 11 is 0. The van der Waals surface area contributed by atoms with E-state index >= 15 is 0 Å². The van der Waals surface area contributed by atoms with Crippen LogP contribution in [0.4, 0.5) is 4.79 Å². The van der Waals surface area contributed by atoms with Crippen LogP contribution in [0.1, 0.15) is 5.69 Å². The van der Waals surface area contributed by atoms with Crippen molar-refractivity contribution in [2.24, 2.45) is 5.73 Å². The first kappa shape index (κ1) is 15.7. The second kappa shape index (κ2) is 5.48. The van der Waals surface area contributed by atoms with Crippen LogP contribution in [0.3, 0.4) is 0 Å². The third-order valence-electron chi connectivity index (χ3n) is 3.42. The molecule has 0 radical (unpaired) electrons. The number of ether oxygens (including phenoxy) is 1. The molecule has 3 rings (SSSR count). The molecule has 1 aromatic carbocycles. The van der Waals surface area contributed by atoms with Crippen molar-refractivity contribution < 1.29 is 17.9 Å². The fraction of sp³-hybridized carbons (Fsp3) is 0.0714. The zero-order valence-electron chi connectivity index (χ0n) is 12.3. The lowest BCUT2D eigenvalue weighted by Crippen LogP contribution is -2.18. The lowest BCUT2D eigenvalue weighted by molar-refractivity contribution is 0.209. The van der Waals surface area contributed by atoms with Crippen molar-refractivity contribution in [3.8, 4) is 11.9 Å². The van der Waals surface area contributed by atoms with Crippen molar-refractivity contribution in [2.45, 2.75) is 4.90 Å². The van der Waals surface area contributed by atoms with Gasteiger partial charge in [0.1, 0.15) is 17.3 Å². The van der Waals surface area contributed by atoms with Crippen molar-refractivity contribution in [1.29, 1.82) is 5.26 Å². The maximum Gasteiger partial charge on any atom is 0.411 e. The van der Waals surface area contributed by atoms with Crippen LogP contribution >= 0.6 is 0 Å². The molecule has 0 saturated carbocycles. The van der Waals surface area contributed by atoms with Crippen LogP contribution in [0, 0.1) is 11.3 Å². The predicted molar refractivity (Wildman–Crippen MR) is 84.8 cm³/mol. The topological polar surface area (TPSA) is 151 Å². The van der Waals surface area contributed by atoms with E-state index in [4.69, 9.17) is 15.7 Å². The minimum atomic E-state index is -3.63. The Hall–Kier alpha value is -3.16. The van der Waals surface area contributed by atoms with E-state index in [1.807, 2.05) is 6.07 Å². The summed E-state index contributed by atoms with van der Waals surface area (Å²) in [7, 11) is -2.32. The van der Waals surface area contributed by atoms with E-state index in [0.29, 0.717) is 21.8 Å². The van der Waals surface area contributed by atoms with Gasteiger partial charge in [-0.25, -0.2) is 22.9 Å². The highest BCUT2D eigenvalue weighted by Crippen LogP contribution is 2.32. The molecule has 10 heteroatoms. The lowest BCUT2D eigenvalue weighted by atomic mass is 10.1. The molecule has 122 valence electrons. The van der Waals surface area contributed by atoms with E-state index in [2.05, 4.69) is 14.7 Å². The number of carbonyl (C=O) groups excluding carboxylic acids is 1. The van der Waals surface area contributed by atoms with Crippen LogP contribution in [-0.4, -0.2) is 31.5 Å². The quantitative estimate of drug-likeness (QED) is 0.643. The van der Waals surface area contributed by atoms with Crippen LogP contribution in [0.15, 0.2) is 29.2 Å². The Balaban J connectivity index is 2.37. The number of aromatic nitrogens is 2. The predicted octanol–water partition coefficient (Wildman–Crippen LogP) is 0.953. The Bertz CT molecular complexity index is 1130. The number of fused-ring (bicyclic) bond motifs is 3. The molecule has 0 fully saturated rings. The van der Waals surface area contributed by atoms with Crippen LogP contribution in [0.5, 0.6) is 5.88 Å². The Morgan fingerprint density at radius 1 is 1.38 bits per heavy atom. The molecule has 3 aromatic rings. The lowest BCUT2D eigenvalue weighted by Gasteiger charge is -2.03. The summed E-state index contributed by atoms with van der Waals surface area (Å²) in [5.74, 6) is -0.147. The van der Waals surface area contributed by atoms with Gasteiger partial charge >= 0.3 is 6.09 Å². The molecule has 0 aliphatic rings. The zero-order chi connectivity index (χ0) is 17.5. The molecule has 0 unspecified atom stereocenters. The minimum absolute atomic E-state index is 0.00141. The molecule has 0 aliphatic carbocycles. The fourth-order valence-corrected chi connectivity index (χ4v) is 3.11. The molecule has 2 heterocycles. The van der Waals surface area contributed by atoms with Gasteiger partial charge in [-0.3, -0.25) is 0 Å². The van der Waals surface area contributed by atoms with Gasteiger partial charge in [0, 0.05) is 16.3 Å². The second-order valence-electron chi connectivity index (χ2n) is 4.81. The maximum absolute atomic E-state index is 12.0. The van der Waals surface area contributed by atoms with E-state index in [9.17, 15) is 13.2 Å². The summed E-state index contributed by atoms with van der Waals surface area (Å²) in [4.78, 5) is 18.0. The number of hydrogen-bond donors (Lipinski definition) is 3. The highest BCUT2D eigenvalue weighted by Gasteiger charge is 2.17. The van der Waals surface area contributed by atoms with Crippen LogP contribution < -0.4 is 15.2 Å². The molecule has 0 bridgehead atoms. The van der Waals surface area contributed by atoms with E-state index in [-0.39, 0.29) is 16.5 Å². The van der Waals surface area contributed by atoms with Crippen molar-refractivity contribution in [2.75, 3.05) is 7.05 Å². The summed E-state index contributed by atoms with van der Waals surface area (Å²) in [6.07, 6.45) is -1.07. The molecule has 24 heavy (non-hydrogen) atoms. The average Bonchev–Trinajstić information content (AvgIpc) is 2.92. The number of carbonyl (C=O) groups is 1. The van der Waals surface area contributed by atoms with Gasteiger partial charge in [-0.1, -0.05) is 0 Å². The first-order chi connectivity index (χ1) is 11.4. The normalized spacial score (nSPS) is 11.5. The highest BCUT2D eigenvalue weighted by molar-refractivity contribution is 7.89. The van der Waals surface area contributed by atoms with Crippen molar-refractivity contribution in [3.05, 3.63) is 30.0 Å². The minimum Gasteiger partial charge on any atom is -0.389 e. The van der Waals surface area contributed by atoms with Gasteiger partial charge in [0.05, 0.1) is 4.90 Å². The standard InChI is InChI=1S/C14H11N5O4S/c1-17-24(21,22)8-2-3-11-9(5-8)10-4-7(6-15)18-13(12(10)19-11)23-14(16)20/h2-5,17,19H,1H3,(H2,16,20). The number of nitriles is 1. The summed E-state index contributed by atoms with van der Waals surface area (Å²) in [6.45, 7) is 0. The number of sulfonamides is 1. The summed E-state index contributed by atoms with van der Waals surface area (Å²) in [5, 5.41) is 10.1. The molecule has 9 nitrogen and oxygen atoms in total. The smallest absolute Gasteiger partial charge is 0.389 e. The maximum atomic E-state index is 12.0. The van der Waals surface area contributed by atoms with Crippen LogP contribution in [0.2, 0.25) is 0 Å². The SMILES string of the molecule is CNS(=O)(=O)c1ccc2[nH]c3c(OC(N)=O)nc(C#N)cc3c2c1. The number of nitrogens with zero attached hydrogens (tertiary/aromatic N) is 2. The van der Waals surface area contributed by atoms with E-state index in [1.54, 1.807) is 6.07 Å². The Morgan fingerprint density at radius 2 is 2.12 bits per heavy atom. The van der Waals surface area contributed by atoms with Crippen LogP contribution in [0.25, 0.3) is 21.8 Å². The zero-order valence-corrected chi connectivity index (χ0v) is 13.1. The van der Waals surface area contributed by atoms with Crippen molar-refractivity contribution in [1.82, 2.24) is 14.7 Å². The number of primary amides is 1. The molecule has 1 amide bonds. The summed E-state index contributed by atoms with van der Waals surface area (Å²) in [5.41, 5.74) is 5.94. The fourth-order valence-electron chi connectivity index (χ4n) is 2.36. The molecule has 2 aromatic heterocycles. The van der Waals surface area contributed by atoms with Crippen molar-refractivity contribution >= 4 is 37.9 Å². The molecule has 0 saturated heterocycles.